The summed E-state index contributed by atoms with van der Waals surface area (Å²) < 4.78 is 0. The zero-order valence-corrected chi connectivity index (χ0v) is 20.8. The van der Waals surface area contributed by atoms with Crippen LogP contribution in [0, 0.1) is 0 Å². The molecule has 0 amide bonds. The highest BCUT2D eigenvalue weighted by Crippen LogP contribution is 2.30. The molecule has 0 aliphatic heterocycles. The SMILES string of the molecule is Nc1cccc(-c2cccc(-c3cccc(-c4cccc(-c5cccc(-c6cccc(N)c6)c5)n4)n3)c2)c1. The predicted molar refractivity (Wildman–Crippen MR) is 158 cm³/mol. The molecule has 0 bridgehead atoms. The summed E-state index contributed by atoms with van der Waals surface area (Å²) in [6, 6.07) is 44.7. The average molecular weight is 491 g/mol. The van der Waals surface area contributed by atoms with E-state index in [0.717, 1.165) is 67.5 Å². The van der Waals surface area contributed by atoms with Crippen molar-refractivity contribution in [2.24, 2.45) is 0 Å². The lowest BCUT2D eigenvalue weighted by atomic mass is 10.0. The Hall–Kier alpha value is -5.22. The summed E-state index contributed by atoms with van der Waals surface area (Å²) in [6.07, 6.45) is 0. The Morgan fingerprint density at radius 2 is 0.632 bits per heavy atom. The molecule has 38 heavy (non-hydrogen) atoms. The van der Waals surface area contributed by atoms with E-state index in [-0.39, 0.29) is 0 Å². The number of hydrogen-bond donors (Lipinski definition) is 2. The molecular formula is C34H26N4. The molecule has 4 heteroatoms. The van der Waals surface area contributed by atoms with Crippen molar-refractivity contribution >= 4 is 11.4 Å². The summed E-state index contributed by atoms with van der Waals surface area (Å²) in [5, 5.41) is 0. The molecule has 2 aromatic heterocycles. The fourth-order valence-corrected chi connectivity index (χ4v) is 4.63. The highest BCUT2D eigenvalue weighted by molar-refractivity contribution is 5.76. The Morgan fingerprint density at radius 1 is 0.316 bits per heavy atom. The van der Waals surface area contributed by atoms with Crippen LogP contribution in [0.4, 0.5) is 11.4 Å². The second-order valence-corrected chi connectivity index (χ2v) is 9.23. The van der Waals surface area contributed by atoms with E-state index in [2.05, 4.69) is 60.7 Å². The summed E-state index contributed by atoms with van der Waals surface area (Å²) >= 11 is 0. The topological polar surface area (TPSA) is 77.8 Å². The summed E-state index contributed by atoms with van der Waals surface area (Å²) in [5.74, 6) is 0. The van der Waals surface area contributed by atoms with Crippen LogP contribution in [0.3, 0.4) is 0 Å². The number of rotatable bonds is 5. The van der Waals surface area contributed by atoms with Gasteiger partial charge in [-0.15, -0.1) is 0 Å². The lowest BCUT2D eigenvalue weighted by Crippen LogP contribution is -1.93. The van der Waals surface area contributed by atoms with Crippen LogP contribution in [-0.2, 0) is 0 Å². The van der Waals surface area contributed by atoms with Crippen LogP contribution < -0.4 is 11.5 Å². The van der Waals surface area contributed by atoms with Crippen molar-refractivity contribution in [2.45, 2.75) is 0 Å². The first-order valence-electron chi connectivity index (χ1n) is 12.5. The van der Waals surface area contributed by atoms with E-state index in [9.17, 15) is 0 Å². The van der Waals surface area contributed by atoms with E-state index in [4.69, 9.17) is 21.4 Å². The number of nitrogen functional groups attached to an aromatic ring is 2. The van der Waals surface area contributed by atoms with Gasteiger partial charge in [-0.25, -0.2) is 9.97 Å². The molecule has 0 spiro atoms. The van der Waals surface area contributed by atoms with Crippen molar-refractivity contribution in [3.63, 3.8) is 0 Å². The third kappa shape index (κ3) is 4.88. The largest absolute Gasteiger partial charge is 0.399 e. The van der Waals surface area contributed by atoms with Gasteiger partial charge in [0.15, 0.2) is 0 Å². The van der Waals surface area contributed by atoms with Gasteiger partial charge < -0.3 is 11.5 Å². The molecule has 0 saturated heterocycles. The van der Waals surface area contributed by atoms with Crippen molar-refractivity contribution in [2.75, 3.05) is 11.5 Å². The van der Waals surface area contributed by atoms with Gasteiger partial charge in [0.2, 0.25) is 0 Å². The molecule has 4 aromatic carbocycles. The summed E-state index contributed by atoms with van der Waals surface area (Å²) in [4.78, 5) is 9.95. The standard InChI is InChI=1S/C34H26N4/c35-29-13-3-9-25(21-29)23-7-1-11-27(19-23)31-15-5-17-33(37-31)34-18-6-16-32(38-34)28-12-2-8-24(20-28)26-10-4-14-30(36)22-26/h1-22H,35-36H2. The number of benzene rings is 4. The monoisotopic (exact) mass is 490 g/mol. The molecule has 4 N–H and O–H groups in total. The Balaban J connectivity index is 1.33. The van der Waals surface area contributed by atoms with Gasteiger partial charge in [0.1, 0.15) is 0 Å². The lowest BCUT2D eigenvalue weighted by molar-refractivity contribution is 1.25. The van der Waals surface area contributed by atoms with Gasteiger partial charge in [-0.1, -0.05) is 72.8 Å². The molecule has 0 atom stereocenters. The van der Waals surface area contributed by atoms with Crippen LogP contribution in [0.15, 0.2) is 133 Å². The summed E-state index contributed by atoms with van der Waals surface area (Å²) in [5.41, 5.74) is 23.4. The first kappa shape index (κ1) is 23.2. The average Bonchev–Trinajstić information content (AvgIpc) is 2.97. The van der Waals surface area contributed by atoms with E-state index in [1.165, 1.54) is 0 Å². The van der Waals surface area contributed by atoms with E-state index in [1.54, 1.807) is 0 Å². The molecule has 0 radical (unpaired) electrons. The fraction of sp³-hybridized carbons (Fsp3) is 0. The first-order chi connectivity index (χ1) is 18.6. The van der Waals surface area contributed by atoms with Gasteiger partial charge in [-0.05, 0) is 82.9 Å². The lowest BCUT2D eigenvalue weighted by Gasteiger charge is -2.09. The molecular weight excluding hydrogens is 464 g/mol. The number of aromatic nitrogens is 2. The number of nitrogens with zero attached hydrogens (tertiary/aromatic N) is 2. The minimum atomic E-state index is 0.748. The number of anilines is 2. The van der Waals surface area contributed by atoms with Crippen molar-refractivity contribution in [3.05, 3.63) is 133 Å². The molecule has 182 valence electrons. The Labute approximate surface area is 222 Å². The maximum absolute atomic E-state index is 6.00. The Morgan fingerprint density at radius 3 is 1.05 bits per heavy atom. The number of pyridine rings is 2. The second kappa shape index (κ2) is 10.0. The van der Waals surface area contributed by atoms with E-state index >= 15 is 0 Å². The Kier molecular flexibility index (Phi) is 6.12. The van der Waals surface area contributed by atoms with Crippen LogP contribution in [0.2, 0.25) is 0 Å². The maximum atomic E-state index is 6.00. The third-order valence-electron chi connectivity index (χ3n) is 6.52. The molecule has 0 saturated carbocycles. The van der Waals surface area contributed by atoms with Crippen molar-refractivity contribution in [3.8, 4) is 56.2 Å². The first-order valence-corrected chi connectivity index (χ1v) is 12.5. The van der Waals surface area contributed by atoms with Gasteiger partial charge in [0, 0.05) is 22.5 Å². The minimum Gasteiger partial charge on any atom is -0.399 e. The van der Waals surface area contributed by atoms with E-state index in [0.29, 0.717) is 0 Å². The van der Waals surface area contributed by atoms with Crippen LogP contribution in [0.5, 0.6) is 0 Å². The number of nitrogens with two attached hydrogens (primary N) is 2. The molecule has 2 heterocycles. The van der Waals surface area contributed by atoms with Gasteiger partial charge in [0.05, 0.1) is 22.8 Å². The molecule has 0 aliphatic rings. The van der Waals surface area contributed by atoms with Crippen molar-refractivity contribution < 1.29 is 0 Å². The van der Waals surface area contributed by atoms with Crippen molar-refractivity contribution in [1.82, 2.24) is 9.97 Å². The molecule has 6 rings (SSSR count). The van der Waals surface area contributed by atoms with Crippen molar-refractivity contribution in [1.29, 1.82) is 0 Å². The highest BCUT2D eigenvalue weighted by Gasteiger charge is 2.09. The van der Waals surface area contributed by atoms with E-state index in [1.807, 2.05) is 72.8 Å². The predicted octanol–water partition coefficient (Wildman–Crippen LogP) is 7.98. The zero-order valence-electron chi connectivity index (χ0n) is 20.8. The second-order valence-electron chi connectivity index (χ2n) is 9.23. The van der Waals surface area contributed by atoms with Crippen LogP contribution in [0.1, 0.15) is 0 Å². The molecule has 4 nitrogen and oxygen atoms in total. The highest BCUT2D eigenvalue weighted by atomic mass is 14.8. The van der Waals surface area contributed by atoms with Crippen LogP contribution in [-0.4, -0.2) is 9.97 Å². The fourth-order valence-electron chi connectivity index (χ4n) is 4.63. The summed E-state index contributed by atoms with van der Waals surface area (Å²) in [7, 11) is 0. The normalized spacial score (nSPS) is 10.8. The van der Waals surface area contributed by atoms with Crippen LogP contribution in [0.25, 0.3) is 56.2 Å². The van der Waals surface area contributed by atoms with Gasteiger partial charge >= 0.3 is 0 Å². The van der Waals surface area contributed by atoms with Gasteiger partial charge in [-0.3, -0.25) is 0 Å². The van der Waals surface area contributed by atoms with Crippen LogP contribution >= 0.6 is 0 Å². The zero-order chi connectivity index (χ0) is 25.9. The van der Waals surface area contributed by atoms with E-state index < -0.39 is 0 Å². The molecule has 6 aromatic rings. The minimum absolute atomic E-state index is 0.748. The summed E-state index contributed by atoms with van der Waals surface area (Å²) in [6.45, 7) is 0. The Bertz CT molecular complexity index is 1630. The molecule has 0 unspecified atom stereocenters. The quantitative estimate of drug-likeness (QED) is 0.240. The maximum Gasteiger partial charge on any atom is 0.0893 e. The third-order valence-corrected chi connectivity index (χ3v) is 6.52. The molecule has 0 fully saturated rings. The smallest absolute Gasteiger partial charge is 0.0893 e. The van der Waals surface area contributed by atoms with Gasteiger partial charge in [0.25, 0.3) is 0 Å². The van der Waals surface area contributed by atoms with Gasteiger partial charge in [-0.2, -0.15) is 0 Å². The number of hydrogen-bond acceptors (Lipinski definition) is 4. The molecule has 0 aliphatic carbocycles.